The van der Waals surface area contributed by atoms with Crippen LogP contribution in [-0.2, 0) is 22.4 Å². The number of carbonyl (C=O) groups is 2. The van der Waals surface area contributed by atoms with E-state index in [2.05, 4.69) is 60.7 Å². The van der Waals surface area contributed by atoms with Gasteiger partial charge < -0.3 is 10.2 Å². The van der Waals surface area contributed by atoms with Crippen molar-refractivity contribution in [2.75, 3.05) is 0 Å². The SMILES string of the molecule is O=C(O)CCCCCCC/C=C\CCCCCCCCc1cc2ccccc2cc1CCCCCCCC/C=C\CCCCCCCC(=O)O. The van der Waals surface area contributed by atoms with Crippen LogP contribution >= 0.6 is 0 Å². The van der Waals surface area contributed by atoms with Crippen LogP contribution in [0.25, 0.3) is 10.8 Å². The maximum Gasteiger partial charge on any atom is 0.303 e. The molecular formula is C46H72O4. The fraction of sp³-hybridized carbons (Fsp3) is 0.652. The molecule has 0 saturated heterocycles. The summed E-state index contributed by atoms with van der Waals surface area (Å²) >= 11 is 0. The summed E-state index contributed by atoms with van der Waals surface area (Å²) in [6, 6.07) is 13.8. The smallest absolute Gasteiger partial charge is 0.303 e. The molecule has 0 aromatic heterocycles. The number of hydrogen-bond acceptors (Lipinski definition) is 2. The van der Waals surface area contributed by atoms with Crippen LogP contribution in [-0.4, -0.2) is 22.2 Å². The Labute approximate surface area is 306 Å². The number of aliphatic carboxylic acids is 2. The van der Waals surface area contributed by atoms with Gasteiger partial charge in [0.2, 0.25) is 0 Å². The molecule has 0 aliphatic heterocycles. The molecule has 0 saturated carbocycles. The summed E-state index contributed by atoms with van der Waals surface area (Å²) in [5.41, 5.74) is 3.16. The van der Waals surface area contributed by atoms with E-state index < -0.39 is 11.9 Å². The van der Waals surface area contributed by atoms with Crippen LogP contribution in [0.5, 0.6) is 0 Å². The molecule has 50 heavy (non-hydrogen) atoms. The molecule has 2 aromatic carbocycles. The summed E-state index contributed by atoms with van der Waals surface area (Å²) in [5.74, 6) is -1.34. The van der Waals surface area contributed by atoms with E-state index in [1.54, 1.807) is 11.1 Å². The number of unbranched alkanes of at least 4 members (excludes halogenated alkanes) is 22. The molecule has 2 rings (SSSR count). The number of carboxylic acid groups (broad SMARTS) is 2. The third kappa shape index (κ3) is 24.3. The number of allylic oxidation sites excluding steroid dienone is 4. The van der Waals surface area contributed by atoms with Crippen LogP contribution < -0.4 is 0 Å². The quantitative estimate of drug-likeness (QED) is 0.0567. The summed E-state index contributed by atoms with van der Waals surface area (Å²) < 4.78 is 0. The predicted molar refractivity (Wildman–Crippen MR) is 214 cm³/mol. The summed E-state index contributed by atoms with van der Waals surface area (Å²) in [7, 11) is 0. The van der Waals surface area contributed by atoms with Crippen LogP contribution in [0.15, 0.2) is 60.7 Å². The van der Waals surface area contributed by atoms with Gasteiger partial charge in [0.25, 0.3) is 0 Å². The molecular weight excluding hydrogens is 617 g/mol. The molecule has 0 aliphatic rings. The second-order valence-electron chi connectivity index (χ2n) is 14.6. The number of benzene rings is 2. The van der Waals surface area contributed by atoms with Gasteiger partial charge >= 0.3 is 11.9 Å². The van der Waals surface area contributed by atoms with Gasteiger partial charge in [-0.25, -0.2) is 0 Å². The van der Waals surface area contributed by atoms with Gasteiger partial charge in [0.05, 0.1) is 0 Å². The monoisotopic (exact) mass is 689 g/mol. The highest BCUT2D eigenvalue weighted by atomic mass is 16.4. The normalized spacial score (nSPS) is 11.8. The topological polar surface area (TPSA) is 74.6 Å². The van der Waals surface area contributed by atoms with E-state index in [0.29, 0.717) is 12.8 Å². The van der Waals surface area contributed by atoms with E-state index in [4.69, 9.17) is 10.2 Å². The van der Waals surface area contributed by atoms with Crippen LogP contribution in [0, 0.1) is 0 Å². The first kappa shape index (κ1) is 43.3. The Morgan fingerprint density at radius 1 is 0.400 bits per heavy atom. The van der Waals surface area contributed by atoms with Gasteiger partial charge in [0.15, 0.2) is 0 Å². The molecule has 2 N–H and O–H groups in total. The van der Waals surface area contributed by atoms with E-state index in [-0.39, 0.29) is 0 Å². The zero-order chi connectivity index (χ0) is 35.7. The second kappa shape index (κ2) is 30.9. The number of hydrogen-bond donors (Lipinski definition) is 2. The minimum atomic E-state index is -0.671. The number of fused-ring (bicyclic) bond motifs is 1. The van der Waals surface area contributed by atoms with Crippen molar-refractivity contribution in [3.05, 3.63) is 71.8 Å². The molecule has 0 radical (unpaired) electrons. The zero-order valence-corrected chi connectivity index (χ0v) is 31.7. The Hall–Kier alpha value is -2.88. The zero-order valence-electron chi connectivity index (χ0n) is 31.7. The summed E-state index contributed by atoms with van der Waals surface area (Å²) in [6.07, 6.45) is 44.1. The van der Waals surface area contributed by atoms with Crippen LogP contribution in [0.1, 0.15) is 191 Å². The lowest BCUT2D eigenvalue weighted by Crippen LogP contribution is -1.97. The van der Waals surface area contributed by atoms with E-state index in [1.165, 1.54) is 139 Å². The molecule has 4 nitrogen and oxygen atoms in total. The summed E-state index contributed by atoms with van der Waals surface area (Å²) in [5, 5.41) is 20.1. The predicted octanol–water partition coefficient (Wildman–Crippen LogP) is 14.1. The summed E-state index contributed by atoms with van der Waals surface area (Å²) in [4.78, 5) is 21.1. The van der Waals surface area contributed by atoms with E-state index in [1.807, 2.05) is 0 Å². The summed E-state index contributed by atoms with van der Waals surface area (Å²) in [6.45, 7) is 0. The fourth-order valence-electron chi connectivity index (χ4n) is 6.98. The minimum Gasteiger partial charge on any atom is -0.481 e. The van der Waals surface area contributed by atoms with E-state index in [0.717, 1.165) is 51.4 Å². The van der Waals surface area contributed by atoms with Gasteiger partial charge in [-0.2, -0.15) is 0 Å². The van der Waals surface area contributed by atoms with Crippen LogP contribution in [0.4, 0.5) is 0 Å². The molecule has 2 aromatic rings. The maximum absolute atomic E-state index is 10.5. The Morgan fingerprint density at radius 2 is 0.680 bits per heavy atom. The van der Waals surface area contributed by atoms with Crippen molar-refractivity contribution < 1.29 is 19.8 Å². The molecule has 0 fully saturated rings. The average molecular weight is 689 g/mol. The molecule has 0 amide bonds. The third-order valence-corrected chi connectivity index (χ3v) is 10.1. The number of rotatable bonds is 34. The number of carboxylic acids is 2. The van der Waals surface area contributed by atoms with E-state index >= 15 is 0 Å². The second-order valence-corrected chi connectivity index (χ2v) is 14.6. The first-order chi connectivity index (χ1) is 24.6. The Bertz CT molecular complexity index is 1100. The van der Waals surface area contributed by atoms with Crippen molar-refractivity contribution in [3.63, 3.8) is 0 Å². The lowest BCUT2D eigenvalue weighted by Gasteiger charge is -2.12. The van der Waals surface area contributed by atoms with Gasteiger partial charge in [-0.15, -0.1) is 0 Å². The molecule has 0 unspecified atom stereocenters. The Balaban J connectivity index is 1.50. The minimum absolute atomic E-state index is 0.316. The highest BCUT2D eigenvalue weighted by Crippen LogP contribution is 2.24. The van der Waals surface area contributed by atoms with E-state index in [9.17, 15) is 9.59 Å². The van der Waals surface area contributed by atoms with Crippen LogP contribution in [0.3, 0.4) is 0 Å². The lowest BCUT2D eigenvalue weighted by atomic mass is 9.93. The maximum atomic E-state index is 10.5. The molecule has 0 aliphatic carbocycles. The standard InChI is InChI=1S/C46H72O4/c47-45(48)37-29-25-21-17-13-9-5-1-3-7-11-15-19-23-27-33-41-39-43-35-31-32-36-44(43)40-42(41)34-28-24-20-16-12-8-4-2-6-10-14-18-22-26-30-38-46(49)50/h1-2,5-6,31-32,35-36,39-40H,3-4,7-30,33-34,37-38H2,(H,47,48)(H,49,50)/b5-1-,6-2-. The van der Waals surface area contributed by atoms with Crippen molar-refractivity contribution in [3.8, 4) is 0 Å². The molecule has 0 atom stereocenters. The van der Waals surface area contributed by atoms with Crippen molar-refractivity contribution in [2.45, 2.75) is 193 Å². The number of aryl methyl sites for hydroxylation is 2. The van der Waals surface area contributed by atoms with Gasteiger partial charge in [0, 0.05) is 12.8 Å². The first-order valence-corrected chi connectivity index (χ1v) is 20.8. The average Bonchev–Trinajstić information content (AvgIpc) is 3.10. The highest BCUT2D eigenvalue weighted by Gasteiger charge is 2.06. The van der Waals surface area contributed by atoms with Crippen molar-refractivity contribution in [1.29, 1.82) is 0 Å². The lowest BCUT2D eigenvalue weighted by molar-refractivity contribution is -0.138. The molecule has 0 heterocycles. The molecule has 0 spiro atoms. The van der Waals surface area contributed by atoms with Gasteiger partial charge in [0.1, 0.15) is 0 Å². The first-order valence-electron chi connectivity index (χ1n) is 20.8. The van der Waals surface area contributed by atoms with Crippen molar-refractivity contribution >= 4 is 22.7 Å². The Kier molecular flexibility index (Phi) is 26.8. The van der Waals surface area contributed by atoms with Crippen molar-refractivity contribution in [1.82, 2.24) is 0 Å². The van der Waals surface area contributed by atoms with Gasteiger partial charge in [-0.1, -0.05) is 151 Å². The van der Waals surface area contributed by atoms with Crippen LogP contribution in [0.2, 0.25) is 0 Å². The molecule has 4 heteroatoms. The van der Waals surface area contributed by atoms with Gasteiger partial charge in [-0.3, -0.25) is 9.59 Å². The third-order valence-electron chi connectivity index (χ3n) is 10.1. The highest BCUT2D eigenvalue weighted by molar-refractivity contribution is 5.84. The van der Waals surface area contributed by atoms with Crippen molar-refractivity contribution in [2.24, 2.45) is 0 Å². The fourth-order valence-corrected chi connectivity index (χ4v) is 6.98. The largest absolute Gasteiger partial charge is 0.481 e. The van der Waals surface area contributed by atoms with Gasteiger partial charge in [-0.05, 0) is 112 Å². The Morgan fingerprint density at radius 3 is 1.00 bits per heavy atom. The molecule has 280 valence electrons. The molecule has 0 bridgehead atoms.